The van der Waals surface area contributed by atoms with Gasteiger partial charge in [-0.3, -0.25) is 4.99 Å². The molecule has 1 spiro atoms. The molecule has 0 bridgehead atoms. The van der Waals surface area contributed by atoms with Gasteiger partial charge >= 0.3 is 0 Å². The fourth-order valence-electron chi connectivity index (χ4n) is 2.33. The molecule has 1 aliphatic heterocycles. The van der Waals surface area contributed by atoms with E-state index in [1.807, 2.05) is 12.1 Å². The summed E-state index contributed by atoms with van der Waals surface area (Å²) >= 11 is 0. The predicted octanol–water partition coefficient (Wildman–Crippen LogP) is 1.99. The van der Waals surface area contributed by atoms with Crippen LogP contribution in [0, 0.1) is 0 Å². The Morgan fingerprint density at radius 3 is 2.29 bits per heavy atom. The Bertz CT molecular complexity index is 496. The molecule has 0 aromatic heterocycles. The molecule has 4 nitrogen and oxygen atoms in total. The molecule has 0 radical (unpaired) electrons. The SMILES string of the molecule is Br.COc1cc2c(cc1OC)C1(CC1)N=C2N. The molecule has 2 aliphatic rings. The van der Waals surface area contributed by atoms with Crippen LogP contribution in [-0.4, -0.2) is 20.1 Å². The molecule has 1 aromatic carbocycles. The zero-order valence-electron chi connectivity index (χ0n) is 9.82. The summed E-state index contributed by atoms with van der Waals surface area (Å²) in [6.07, 6.45) is 2.16. The lowest BCUT2D eigenvalue weighted by molar-refractivity contribution is 0.354. The second-order valence-electron chi connectivity index (χ2n) is 4.28. The minimum absolute atomic E-state index is 0. The van der Waals surface area contributed by atoms with Crippen LogP contribution in [-0.2, 0) is 5.54 Å². The van der Waals surface area contributed by atoms with Crippen LogP contribution in [0.3, 0.4) is 0 Å². The van der Waals surface area contributed by atoms with Crippen molar-refractivity contribution in [2.75, 3.05) is 14.2 Å². The fraction of sp³-hybridized carbons (Fsp3) is 0.417. The van der Waals surface area contributed by atoms with E-state index in [1.54, 1.807) is 14.2 Å². The first kappa shape index (κ1) is 12.2. The van der Waals surface area contributed by atoms with E-state index in [-0.39, 0.29) is 22.5 Å². The van der Waals surface area contributed by atoms with Gasteiger partial charge in [0, 0.05) is 5.56 Å². The van der Waals surface area contributed by atoms with Gasteiger partial charge in [0.1, 0.15) is 5.84 Å². The van der Waals surface area contributed by atoms with Gasteiger partial charge in [-0.2, -0.15) is 0 Å². The molecular formula is C12H15BrN2O2. The van der Waals surface area contributed by atoms with Crippen molar-refractivity contribution >= 4 is 22.8 Å². The van der Waals surface area contributed by atoms with E-state index >= 15 is 0 Å². The highest BCUT2D eigenvalue weighted by molar-refractivity contribution is 8.93. The molecular weight excluding hydrogens is 284 g/mol. The maximum absolute atomic E-state index is 5.93. The fourth-order valence-corrected chi connectivity index (χ4v) is 2.33. The molecule has 1 fully saturated rings. The van der Waals surface area contributed by atoms with Crippen LogP contribution >= 0.6 is 17.0 Å². The summed E-state index contributed by atoms with van der Waals surface area (Å²) in [4.78, 5) is 4.53. The molecule has 5 heteroatoms. The van der Waals surface area contributed by atoms with Crippen LogP contribution < -0.4 is 15.2 Å². The van der Waals surface area contributed by atoms with Crippen LogP contribution in [0.2, 0.25) is 0 Å². The highest BCUT2D eigenvalue weighted by atomic mass is 79.9. The average molecular weight is 299 g/mol. The second kappa shape index (κ2) is 3.91. The van der Waals surface area contributed by atoms with Gasteiger partial charge in [-0.15, -0.1) is 17.0 Å². The van der Waals surface area contributed by atoms with Gasteiger partial charge in [-0.05, 0) is 30.5 Å². The van der Waals surface area contributed by atoms with Crippen molar-refractivity contribution in [3.8, 4) is 11.5 Å². The summed E-state index contributed by atoms with van der Waals surface area (Å²) in [5, 5.41) is 0. The van der Waals surface area contributed by atoms with E-state index in [2.05, 4.69) is 4.99 Å². The number of rotatable bonds is 2. The lowest BCUT2D eigenvalue weighted by Gasteiger charge is -2.12. The molecule has 0 unspecified atom stereocenters. The summed E-state index contributed by atoms with van der Waals surface area (Å²) in [5.74, 6) is 2.07. The minimum atomic E-state index is -0.0427. The topological polar surface area (TPSA) is 56.8 Å². The number of hydrogen-bond donors (Lipinski definition) is 1. The number of fused-ring (bicyclic) bond motifs is 2. The molecule has 1 saturated carbocycles. The molecule has 1 aromatic rings. The van der Waals surface area contributed by atoms with E-state index in [0.717, 1.165) is 24.2 Å². The molecule has 0 atom stereocenters. The summed E-state index contributed by atoms with van der Waals surface area (Å²) in [5.41, 5.74) is 8.07. The number of halogens is 1. The van der Waals surface area contributed by atoms with Gasteiger partial charge in [-0.25, -0.2) is 0 Å². The Morgan fingerprint density at radius 2 is 1.76 bits per heavy atom. The third-order valence-electron chi connectivity index (χ3n) is 3.36. The first-order chi connectivity index (χ1) is 7.70. The van der Waals surface area contributed by atoms with Gasteiger partial charge in [0.25, 0.3) is 0 Å². The number of nitrogens with zero attached hydrogens (tertiary/aromatic N) is 1. The van der Waals surface area contributed by atoms with E-state index in [1.165, 1.54) is 5.56 Å². The van der Waals surface area contributed by atoms with Gasteiger partial charge in [-0.1, -0.05) is 0 Å². The van der Waals surface area contributed by atoms with Crippen molar-refractivity contribution in [1.82, 2.24) is 0 Å². The highest BCUT2D eigenvalue weighted by Gasteiger charge is 2.50. The van der Waals surface area contributed by atoms with Crippen molar-refractivity contribution in [2.45, 2.75) is 18.4 Å². The molecule has 92 valence electrons. The maximum atomic E-state index is 5.93. The molecule has 1 heterocycles. The zero-order valence-corrected chi connectivity index (χ0v) is 11.5. The Kier molecular flexibility index (Phi) is 2.81. The molecule has 2 N–H and O–H groups in total. The number of hydrogen-bond acceptors (Lipinski definition) is 4. The maximum Gasteiger partial charge on any atom is 0.161 e. The van der Waals surface area contributed by atoms with Crippen molar-refractivity contribution in [3.63, 3.8) is 0 Å². The molecule has 3 rings (SSSR count). The number of ether oxygens (including phenoxy) is 2. The second-order valence-corrected chi connectivity index (χ2v) is 4.28. The molecule has 0 saturated heterocycles. The number of amidine groups is 1. The molecule has 0 amide bonds. The van der Waals surface area contributed by atoms with Crippen LogP contribution in [0.15, 0.2) is 17.1 Å². The third kappa shape index (κ3) is 1.60. The van der Waals surface area contributed by atoms with E-state index < -0.39 is 0 Å². The van der Waals surface area contributed by atoms with E-state index in [4.69, 9.17) is 15.2 Å². The summed E-state index contributed by atoms with van der Waals surface area (Å²) < 4.78 is 10.6. The van der Waals surface area contributed by atoms with E-state index in [9.17, 15) is 0 Å². The smallest absolute Gasteiger partial charge is 0.161 e. The summed E-state index contributed by atoms with van der Waals surface area (Å²) in [7, 11) is 3.27. The summed E-state index contributed by atoms with van der Waals surface area (Å²) in [6.45, 7) is 0. The lowest BCUT2D eigenvalue weighted by atomic mass is 10.0. The van der Waals surface area contributed by atoms with Crippen LogP contribution in [0.4, 0.5) is 0 Å². The Hall–Kier alpha value is -1.23. The van der Waals surface area contributed by atoms with Crippen molar-refractivity contribution in [2.24, 2.45) is 10.7 Å². The quantitative estimate of drug-likeness (QED) is 0.908. The Balaban J connectivity index is 0.00000108. The first-order valence-electron chi connectivity index (χ1n) is 5.32. The van der Waals surface area contributed by atoms with Crippen LogP contribution in [0.5, 0.6) is 11.5 Å². The molecule has 1 aliphatic carbocycles. The van der Waals surface area contributed by atoms with Gasteiger partial charge in [0.2, 0.25) is 0 Å². The van der Waals surface area contributed by atoms with Crippen LogP contribution in [0.1, 0.15) is 24.0 Å². The molecule has 17 heavy (non-hydrogen) atoms. The van der Waals surface area contributed by atoms with Gasteiger partial charge in [0.15, 0.2) is 11.5 Å². The predicted molar refractivity (Wildman–Crippen MR) is 71.5 cm³/mol. The minimum Gasteiger partial charge on any atom is -0.493 e. The number of aliphatic imine (C=N–C) groups is 1. The zero-order chi connectivity index (χ0) is 11.3. The van der Waals surface area contributed by atoms with Gasteiger partial charge in [0.05, 0.1) is 19.8 Å². The first-order valence-corrected chi connectivity index (χ1v) is 5.32. The summed E-state index contributed by atoms with van der Waals surface area (Å²) in [6, 6.07) is 3.92. The normalized spacial score (nSPS) is 18.1. The highest BCUT2D eigenvalue weighted by Crippen LogP contribution is 2.55. The number of benzene rings is 1. The van der Waals surface area contributed by atoms with Crippen molar-refractivity contribution in [1.29, 1.82) is 0 Å². The number of methoxy groups -OCH3 is 2. The largest absolute Gasteiger partial charge is 0.493 e. The van der Waals surface area contributed by atoms with Crippen molar-refractivity contribution < 1.29 is 9.47 Å². The lowest BCUT2D eigenvalue weighted by Crippen LogP contribution is -2.10. The Morgan fingerprint density at radius 1 is 1.18 bits per heavy atom. The average Bonchev–Trinajstić information content (AvgIpc) is 3.02. The van der Waals surface area contributed by atoms with Crippen molar-refractivity contribution in [3.05, 3.63) is 23.3 Å². The monoisotopic (exact) mass is 298 g/mol. The van der Waals surface area contributed by atoms with Crippen LogP contribution in [0.25, 0.3) is 0 Å². The Labute approximate surface area is 111 Å². The van der Waals surface area contributed by atoms with E-state index in [0.29, 0.717) is 11.6 Å². The third-order valence-corrected chi connectivity index (χ3v) is 3.36. The standard InChI is InChI=1S/C12H14N2O2.BrH/c1-15-9-5-7-8(6-10(9)16-2)12(3-4-12)14-11(7)13;/h5-6H,3-4H2,1-2H3,(H2,13,14);1H. The van der Waals surface area contributed by atoms with Gasteiger partial charge < -0.3 is 15.2 Å². The number of nitrogens with two attached hydrogens (primary N) is 1.